The minimum absolute atomic E-state index is 0.140. The minimum Gasteiger partial charge on any atom is -0.480 e. The molecule has 0 aromatic carbocycles. The van der Waals surface area contributed by atoms with Crippen LogP contribution in [0.2, 0.25) is 0 Å². The van der Waals surface area contributed by atoms with E-state index in [0.717, 1.165) is 12.8 Å². The third-order valence-electron chi connectivity index (χ3n) is 3.37. The van der Waals surface area contributed by atoms with Gasteiger partial charge in [-0.2, -0.15) is 0 Å². The van der Waals surface area contributed by atoms with Gasteiger partial charge in [0.2, 0.25) is 0 Å². The van der Waals surface area contributed by atoms with Gasteiger partial charge in [0.15, 0.2) is 0 Å². The van der Waals surface area contributed by atoms with Crippen molar-refractivity contribution in [3.8, 4) is 0 Å². The van der Waals surface area contributed by atoms with Gasteiger partial charge in [0, 0.05) is 39.8 Å². The molecule has 1 saturated heterocycles. The maximum atomic E-state index is 11.9. The van der Waals surface area contributed by atoms with E-state index in [9.17, 15) is 9.59 Å². The van der Waals surface area contributed by atoms with Crippen LogP contribution in [0.3, 0.4) is 0 Å². The van der Waals surface area contributed by atoms with Crippen LogP contribution in [0.25, 0.3) is 0 Å². The van der Waals surface area contributed by atoms with Gasteiger partial charge >= 0.3 is 12.0 Å². The quantitative estimate of drug-likeness (QED) is 0.627. The molecule has 3 N–H and O–H groups in total. The number of rotatable bonds is 6. The highest BCUT2D eigenvalue weighted by Gasteiger charge is 2.26. The number of carbonyl (C=O) groups is 2. The molecule has 0 aliphatic carbocycles. The molecule has 1 rings (SSSR count). The number of aliphatic carboxylic acids is 1. The summed E-state index contributed by atoms with van der Waals surface area (Å²) in [7, 11) is 1.49. The van der Waals surface area contributed by atoms with Crippen LogP contribution in [-0.2, 0) is 9.53 Å². The van der Waals surface area contributed by atoms with Crippen LogP contribution in [-0.4, -0.2) is 66.6 Å². The molecule has 7 heteroatoms. The van der Waals surface area contributed by atoms with Crippen LogP contribution in [0.15, 0.2) is 0 Å². The lowest BCUT2D eigenvalue weighted by Gasteiger charge is -2.32. The molecule has 19 heavy (non-hydrogen) atoms. The molecule has 1 aliphatic rings. The van der Waals surface area contributed by atoms with Gasteiger partial charge < -0.3 is 25.2 Å². The van der Waals surface area contributed by atoms with E-state index in [1.807, 2.05) is 0 Å². The number of aliphatic hydroxyl groups is 1. The Labute approximate surface area is 112 Å². The highest BCUT2D eigenvalue weighted by atomic mass is 16.5. The van der Waals surface area contributed by atoms with Gasteiger partial charge in [-0.1, -0.05) is 0 Å². The summed E-state index contributed by atoms with van der Waals surface area (Å²) in [6, 6.07) is -1.29. The smallest absolute Gasteiger partial charge is 0.326 e. The van der Waals surface area contributed by atoms with Crippen LogP contribution in [0, 0.1) is 5.92 Å². The van der Waals surface area contributed by atoms with Gasteiger partial charge in [-0.25, -0.2) is 9.59 Å². The fourth-order valence-electron chi connectivity index (χ4n) is 2.05. The Hall–Kier alpha value is -1.34. The fraction of sp³-hybridized carbons (Fsp3) is 0.833. The zero-order valence-electron chi connectivity index (χ0n) is 11.2. The number of aliphatic hydroxyl groups excluding tert-OH is 1. The summed E-state index contributed by atoms with van der Waals surface area (Å²) in [5, 5.41) is 20.5. The second-order valence-corrected chi connectivity index (χ2v) is 4.73. The standard InChI is InChI=1S/C12H22N2O5/c1-19-7-4-10(11(16)17)13-12(18)14-5-2-9(8-15)3-6-14/h9-10,15H,2-8H2,1H3,(H,13,18)(H,16,17). The number of carbonyl (C=O) groups excluding carboxylic acids is 1. The second kappa shape index (κ2) is 7.96. The molecule has 0 bridgehead atoms. The van der Waals surface area contributed by atoms with Crippen molar-refractivity contribution in [1.82, 2.24) is 10.2 Å². The largest absolute Gasteiger partial charge is 0.480 e. The van der Waals surface area contributed by atoms with Gasteiger partial charge in [0.05, 0.1) is 0 Å². The molecular formula is C12H22N2O5. The number of urea groups is 1. The lowest BCUT2D eigenvalue weighted by molar-refractivity contribution is -0.139. The van der Waals surface area contributed by atoms with E-state index in [0.29, 0.717) is 13.1 Å². The summed E-state index contributed by atoms with van der Waals surface area (Å²) >= 11 is 0. The summed E-state index contributed by atoms with van der Waals surface area (Å²) in [5.41, 5.74) is 0. The molecular weight excluding hydrogens is 252 g/mol. The summed E-state index contributed by atoms with van der Waals surface area (Å²) in [6.07, 6.45) is 1.74. The Kier molecular flexibility index (Phi) is 6.58. The lowest BCUT2D eigenvalue weighted by atomic mass is 9.98. The third-order valence-corrected chi connectivity index (χ3v) is 3.37. The third kappa shape index (κ3) is 5.04. The lowest BCUT2D eigenvalue weighted by Crippen LogP contribution is -2.50. The van der Waals surface area contributed by atoms with Crippen molar-refractivity contribution in [2.45, 2.75) is 25.3 Å². The summed E-state index contributed by atoms with van der Waals surface area (Å²) in [5.74, 6) is -0.816. The van der Waals surface area contributed by atoms with E-state index in [1.165, 1.54) is 7.11 Å². The molecule has 0 aromatic heterocycles. The van der Waals surface area contributed by atoms with Crippen LogP contribution in [0.5, 0.6) is 0 Å². The van der Waals surface area contributed by atoms with Crippen molar-refractivity contribution in [1.29, 1.82) is 0 Å². The Morgan fingerprint density at radius 1 is 1.42 bits per heavy atom. The van der Waals surface area contributed by atoms with Crippen molar-refractivity contribution in [2.24, 2.45) is 5.92 Å². The Morgan fingerprint density at radius 2 is 2.05 bits per heavy atom. The first-order valence-electron chi connectivity index (χ1n) is 6.46. The molecule has 1 aliphatic heterocycles. The molecule has 0 saturated carbocycles. The molecule has 1 unspecified atom stereocenters. The molecule has 1 fully saturated rings. The van der Waals surface area contributed by atoms with E-state index in [1.54, 1.807) is 4.90 Å². The molecule has 0 aromatic rings. The fourth-order valence-corrected chi connectivity index (χ4v) is 2.05. The van der Waals surface area contributed by atoms with Crippen LogP contribution in [0.1, 0.15) is 19.3 Å². The Morgan fingerprint density at radius 3 is 2.53 bits per heavy atom. The first kappa shape index (κ1) is 15.7. The maximum absolute atomic E-state index is 11.9. The predicted molar refractivity (Wildman–Crippen MR) is 67.8 cm³/mol. The summed E-state index contributed by atoms with van der Waals surface area (Å²) in [6.45, 7) is 1.52. The molecule has 110 valence electrons. The average molecular weight is 274 g/mol. The average Bonchev–Trinajstić information content (AvgIpc) is 2.43. The summed E-state index contributed by atoms with van der Waals surface area (Å²) in [4.78, 5) is 24.5. The molecule has 0 radical (unpaired) electrons. The monoisotopic (exact) mass is 274 g/mol. The van der Waals surface area contributed by atoms with Gasteiger partial charge in [-0.3, -0.25) is 0 Å². The number of likely N-dealkylation sites (tertiary alicyclic amines) is 1. The molecule has 0 spiro atoms. The highest BCUT2D eigenvalue weighted by molar-refractivity contribution is 5.82. The number of hydrogen-bond acceptors (Lipinski definition) is 4. The normalized spacial score (nSPS) is 18.1. The van der Waals surface area contributed by atoms with E-state index < -0.39 is 12.0 Å². The predicted octanol–water partition coefficient (Wildman–Crippen LogP) is -0.110. The number of amides is 2. The van der Waals surface area contributed by atoms with Crippen LogP contribution >= 0.6 is 0 Å². The number of carboxylic acid groups (broad SMARTS) is 1. The van der Waals surface area contributed by atoms with E-state index in [-0.39, 0.29) is 31.6 Å². The van der Waals surface area contributed by atoms with Gasteiger partial charge in [-0.15, -0.1) is 0 Å². The number of nitrogens with one attached hydrogen (secondary N) is 1. The minimum atomic E-state index is -1.06. The van der Waals surface area contributed by atoms with E-state index in [2.05, 4.69) is 5.32 Å². The Balaban J connectivity index is 2.42. The Bertz CT molecular complexity index is 302. The second-order valence-electron chi connectivity index (χ2n) is 4.73. The van der Waals surface area contributed by atoms with Gasteiger partial charge in [0.1, 0.15) is 6.04 Å². The maximum Gasteiger partial charge on any atom is 0.326 e. The van der Waals surface area contributed by atoms with Crippen LogP contribution in [0.4, 0.5) is 4.79 Å². The number of nitrogens with zero attached hydrogens (tertiary/aromatic N) is 1. The van der Waals surface area contributed by atoms with Crippen molar-refractivity contribution in [3.63, 3.8) is 0 Å². The van der Waals surface area contributed by atoms with Crippen molar-refractivity contribution in [3.05, 3.63) is 0 Å². The number of carboxylic acids is 1. The van der Waals surface area contributed by atoms with Gasteiger partial charge in [0.25, 0.3) is 0 Å². The topological polar surface area (TPSA) is 99.1 Å². The zero-order valence-corrected chi connectivity index (χ0v) is 11.2. The SMILES string of the molecule is COCCC(NC(=O)N1CCC(CO)CC1)C(=O)O. The molecule has 7 nitrogen and oxygen atoms in total. The summed E-state index contributed by atoms with van der Waals surface area (Å²) < 4.78 is 4.82. The first-order valence-corrected chi connectivity index (χ1v) is 6.46. The number of ether oxygens (including phenoxy) is 1. The van der Waals surface area contributed by atoms with Crippen molar-refractivity contribution >= 4 is 12.0 Å². The molecule has 1 heterocycles. The van der Waals surface area contributed by atoms with Gasteiger partial charge in [-0.05, 0) is 18.8 Å². The molecule has 1 atom stereocenters. The van der Waals surface area contributed by atoms with E-state index in [4.69, 9.17) is 14.9 Å². The first-order chi connectivity index (χ1) is 9.08. The zero-order chi connectivity index (χ0) is 14.3. The van der Waals surface area contributed by atoms with Crippen LogP contribution < -0.4 is 5.32 Å². The van der Waals surface area contributed by atoms with Crippen molar-refractivity contribution in [2.75, 3.05) is 33.4 Å². The highest BCUT2D eigenvalue weighted by Crippen LogP contribution is 2.16. The van der Waals surface area contributed by atoms with E-state index >= 15 is 0 Å². The number of hydrogen-bond donors (Lipinski definition) is 3. The number of piperidine rings is 1. The van der Waals surface area contributed by atoms with Crippen molar-refractivity contribution < 1.29 is 24.5 Å². The molecule has 2 amide bonds. The number of methoxy groups -OCH3 is 1.